The van der Waals surface area contributed by atoms with Crippen molar-refractivity contribution in [3.05, 3.63) is 128 Å². The molecule has 0 atom stereocenters. The summed E-state index contributed by atoms with van der Waals surface area (Å²) in [6.45, 7) is 0. The second-order valence-corrected chi connectivity index (χ2v) is 14.3. The fourth-order valence-electron chi connectivity index (χ4n) is 7.18. The van der Waals surface area contributed by atoms with E-state index in [1.165, 1.54) is 58.3 Å². The summed E-state index contributed by atoms with van der Waals surface area (Å²) in [7, 11) is 0. The van der Waals surface area contributed by atoms with E-state index in [9.17, 15) is 9.59 Å². The van der Waals surface area contributed by atoms with E-state index in [0.29, 0.717) is 16.7 Å². The molecule has 0 saturated heterocycles. The Morgan fingerprint density at radius 1 is 0.650 bits per heavy atom. The van der Waals surface area contributed by atoms with Crippen LogP contribution in [-0.2, 0) is 5.41 Å². The molecule has 0 amide bonds. The van der Waals surface area contributed by atoms with Crippen molar-refractivity contribution >= 4 is 63.9 Å². The zero-order valence-corrected chi connectivity index (χ0v) is 24.4. The van der Waals surface area contributed by atoms with Gasteiger partial charge in [-0.05, 0) is 0 Å². The van der Waals surface area contributed by atoms with E-state index in [-0.39, 0.29) is 17.0 Å². The van der Waals surface area contributed by atoms with E-state index in [1.54, 1.807) is 0 Å². The molecule has 8 rings (SSSR count). The first-order valence-corrected chi connectivity index (χ1v) is 16.4. The van der Waals surface area contributed by atoms with Gasteiger partial charge in [0.2, 0.25) is 0 Å². The fraction of sp³-hybridized carbons (Fsp3) is 0.167. The van der Waals surface area contributed by atoms with Gasteiger partial charge in [-0.1, -0.05) is 0 Å². The Balaban J connectivity index is 1.21. The van der Waals surface area contributed by atoms with Gasteiger partial charge in [0, 0.05) is 0 Å². The minimum atomic E-state index is -0.825. The third kappa shape index (κ3) is 3.49. The number of para-hydroxylation sites is 2. The van der Waals surface area contributed by atoms with Crippen LogP contribution in [0.3, 0.4) is 0 Å². The molecule has 1 saturated carbocycles. The summed E-state index contributed by atoms with van der Waals surface area (Å²) in [6, 6.07) is 33.9. The Morgan fingerprint density at radius 3 is 1.80 bits per heavy atom. The van der Waals surface area contributed by atoms with Crippen molar-refractivity contribution in [1.29, 1.82) is 0 Å². The van der Waals surface area contributed by atoms with Crippen LogP contribution in [0.25, 0.3) is 16.8 Å². The molecule has 2 aliphatic carbocycles. The quantitative estimate of drug-likeness (QED) is 0.111. The van der Waals surface area contributed by atoms with Gasteiger partial charge in [-0.3, -0.25) is 0 Å². The third-order valence-corrected chi connectivity index (χ3v) is 11.9. The summed E-state index contributed by atoms with van der Waals surface area (Å²) in [6.07, 6.45) is 8.11. The number of anilines is 3. The van der Waals surface area contributed by atoms with E-state index < -0.39 is 20.4 Å². The number of hydrogen-bond donors (Lipinski definition) is 0. The summed E-state index contributed by atoms with van der Waals surface area (Å²) < 4.78 is 2.41. The van der Waals surface area contributed by atoms with E-state index in [2.05, 4.69) is 65.6 Å². The van der Waals surface area contributed by atoms with E-state index in [0.717, 1.165) is 14.4 Å². The molecule has 0 N–H and O–H groups in total. The van der Waals surface area contributed by atoms with Gasteiger partial charge < -0.3 is 0 Å². The molecule has 1 fully saturated rings. The first kappa shape index (κ1) is 24.1. The monoisotopic (exact) mass is 635 g/mol. The molecule has 4 heteroatoms. The third-order valence-electron chi connectivity index (χ3n) is 9.01. The Kier molecular flexibility index (Phi) is 5.52. The summed E-state index contributed by atoms with van der Waals surface area (Å²) in [4.78, 5) is 29.2. The first-order chi connectivity index (χ1) is 19.6. The molecule has 0 radical (unpaired) electrons. The van der Waals surface area contributed by atoms with Crippen LogP contribution in [0.1, 0.15) is 67.5 Å². The number of hydrogen-bond acceptors (Lipinski definition) is 3. The van der Waals surface area contributed by atoms with Crippen LogP contribution in [-0.4, -0.2) is 32.0 Å². The molecule has 0 bridgehead atoms. The van der Waals surface area contributed by atoms with E-state index >= 15 is 0 Å². The van der Waals surface area contributed by atoms with Crippen molar-refractivity contribution in [2.75, 3.05) is 4.90 Å². The zero-order valence-electron chi connectivity index (χ0n) is 22.0. The van der Waals surface area contributed by atoms with Crippen molar-refractivity contribution in [2.45, 2.75) is 37.5 Å². The van der Waals surface area contributed by atoms with Crippen LogP contribution >= 0.6 is 0 Å². The van der Waals surface area contributed by atoms with E-state index in [1.807, 2.05) is 42.5 Å². The van der Waals surface area contributed by atoms with E-state index in [4.69, 9.17) is 0 Å². The number of nitrogens with zero attached hydrogens (tertiary/aromatic N) is 1. The molecule has 4 aromatic carbocycles. The second kappa shape index (κ2) is 9.16. The van der Waals surface area contributed by atoms with Crippen LogP contribution in [0.15, 0.2) is 103 Å². The number of fused-ring (bicyclic) bond motifs is 6. The van der Waals surface area contributed by atoms with Gasteiger partial charge in [-0.15, -0.1) is 0 Å². The maximum absolute atomic E-state index is 13.4. The number of benzene rings is 4. The van der Waals surface area contributed by atoms with Gasteiger partial charge >= 0.3 is 244 Å². The Hall–Kier alpha value is -3.71. The van der Waals surface area contributed by atoms with Crippen LogP contribution in [0.2, 0.25) is 0 Å². The maximum atomic E-state index is 13.4. The van der Waals surface area contributed by atoms with Crippen molar-refractivity contribution in [3.63, 3.8) is 0 Å². The van der Waals surface area contributed by atoms with Gasteiger partial charge in [0.05, 0.1) is 0 Å². The molecule has 3 nitrogen and oxygen atoms in total. The summed E-state index contributed by atoms with van der Waals surface area (Å²) in [5.74, 6) is -0.305. The number of rotatable bonds is 2. The Bertz CT molecular complexity index is 1780. The molecule has 194 valence electrons. The van der Waals surface area contributed by atoms with Crippen LogP contribution in [0.5, 0.6) is 0 Å². The molecular formula is C36H27NO2Te. The predicted molar refractivity (Wildman–Crippen MR) is 163 cm³/mol. The standard InChI is InChI=1S/C36H27NO2Te/c38-34-26-20-23-10-2-3-11-24(23)21-27(26)35(39)28(34)22-25-16-17-33(40-25)37-31-14-6-4-12-29(31)36(18-8-1-9-19-36)30-13-5-7-15-32(30)37/h2-7,10-17,20-22H,1,8-9,18-19H2. The SMILES string of the molecule is O=C1C(=Cc2ccc(N3c4ccccc4C4(CCCCC4)c4ccccc43)[te]2)C(=O)c2cc3ccccc3cc21. The van der Waals surface area contributed by atoms with Crippen LogP contribution in [0.4, 0.5) is 15.1 Å². The molecule has 1 spiro atoms. The van der Waals surface area contributed by atoms with Gasteiger partial charge in [0.25, 0.3) is 0 Å². The number of carbonyl (C=O) groups is 2. The number of carbonyl (C=O) groups excluding carboxylic acids is 2. The summed E-state index contributed by atoms with van der Waals surface area (Å²) in [5.41, 5.74) is 6.89. The molecule has 40 heavy (non-hydrogen) atoms. The minimum absolute atomic E-state index is 0.0813. The van der Waals surface area contributed by atoms with Gasteiger partial charge in [-0.2, -0.15) is 0 Å². The second-order valence-electron chi connectivity index (χ2n) is 11.1. The fourth-order valence-corrected chi connectivity index (χ4v) is 9.97. The normalized spacial score (nSPS) is 17.2. The van der Waals surface area contributed by atoms with Crippen LogP contribution < -0.4 is 4.90 Å². The number of ketones is 2. The predicted octanol–water partition coefficient (Wildman–Crippen LogP) is 8.39. The van der Waals surface area contributed by atoms with Crippen molar-refractivity contribution < 1.29 is 9.59 Å². The van der Waals surface area contributed by atoms with Gasteiger partial charge in [0.15, 0.2) is 0 Å². The Labute approximate surface area is 243 Å². The van der Waals surface area contributed by atoms with Gasteiger partial charge in [0.1, 0.15) is 0 Å². The number of allylic oxidation sites excluding steroid dienone is 1. The molecule has 1 aromatic heterocycles. The van der Waals surface area contributed by atoms with Crippen molar-refractivity contribution in [3.8, 4) is 0 Å². The average molecular weight is 633 g/mol. The topological polar surface area (TPSA) is 37.4 Å². The molecule has 3 aliphatic rings. The first-order valence-electron chi connectivity index (χ1n) is 14.1. The molecule has 0 unspecified atom stereocenters. The molecule has 2 heterocycles. The van der Waals surface area contributed by atoms with Gasteiger partial charge in [-0.25, -0.2) is 0 Å². The molecular weight excluding hydrogens is 606 g/mol. The Morgan fingerprint density at radius 2 is 1.20 bits per heavy atom. The average Bonchev–Trinajstić information content (AvgIpc) is 3.55. The van der Waals surface area contributed by atoms with Crippen molar-refractivity contribution in [1.82, 2.24) is 0 Å². The zero-order chi connectivity index (χ0) is 26.8. The number of Topliss-reactive ketones (excluding diaryl/α,β-unsaturated/α-hetero) is 2. The van der Waals surface area contributed by atoms with Crippen molar-refractivity contribution in [2.24, 2.45) is 0 Å². The molecule has 5 aromatic rings. The summed E-state index contributed by atoms with van der Waals surface area (Å²) >= 11 is -0.825. The molecule has 1 aliphatic heterocycles. The van der Waals surface area contributed by atoms with Crippen LogP contribution in [0, 0.1) is 0 Å². The summed E-state index contributed by atoms with van der Waals surface area (Å²) in [5, 5.41) is 1.97.